The van der Waals surface area contributed by atoms with Gasteiger partial charge in [0.1, 0.15) is 0 Å². The third-order valence-corrected chi connectivity index (χ3v) is 3.28. The summed E-state index contributed by atoms with van der Waals surface area (Å²) in [6.07, 6.45) is 13.7. The van der Waals surface area contributed by atoms with Gasteiger partial charge in [0.15, 0.2) is 5.72 Å². The van der Waals surface area contributed by atoms with Crippen molar-refractivity contribution in [1.29, 1.82) is 0 Å². The fourth-order valence-electron chi connectivity index (χ4n) is 1.71. The highest BCUT2D eigenvalue weighted by Crippen LogP contribution is 2.07. The molecule has 0 aromatic carbocycles. The second-order valence-electron chi connectivity index (χ2n) is 5.51. The first kappa shape index (κ1) is 21.6. The van der Waals surface area contributed by atoms with E-state index in [1.54, 1.807) is 13.2 Å². The van der Waals surface area contributed by atoms with E-state index in [9.17, 15) is 0 Å². The fraction of sp³-hybridized carbons (Fsp3) is 0.579. The molecule has 0 saturated carbocycles. The summed E-state index contributed by atoms with van der Waals surface area (Å²) in [6, 6.07) is 0. The van der Waals surface area contributed by atoms with Crippen molar-refractivity contribution in [2.24, 2.45) is 0 Å². The van der Waals surface area contributed by atoms with Crippen molar-refractivity contribution in [3.8, 4) is 0 Å². The summed E-state index contributed by atoms with van der Waals surface area (Å²) >= 11 is 0. The molecule has 0 radical (unpaired) electrons. The molecule has 0 aromatic heterocycles. The normalized spacial score (nSPS) is 15.2. The van der Waals surface area contributed by atoms with Crippen LogP contribution in [0.4, 0.5) is 0 Å². The van der Waals surface area contributed by atoms with Gasteiger partial charge in [-0.25, -0.2) is 0 Å². The van der Waals surface area contributed by atoms with Crippen LogP contribution in [0.15, 0.2) is 48.7 Å². The third kappa shape index (κ3) is 12.8. The van der Waals surface area contributed by atoms with Gasteiger partial charge < -0.3 is 20.1 Å². The summed E-state index contributed by atoms with van der Waals surface area (Å²) in [5.41, 5.74) is 0.611. The van der Waals surface area contributed by atoms with Crippen LogP contribution in [0, 0.1) is 0 Å². The summed E-state index contributed by atoms with van der Waals surface area (Å²) in [4.78, 5) is 0. The molecule has 0 bridgehead atoms. The Morgan fingerprint density at radius 3 is 2.74 bits per heavy atom. The van der Waals surface area contributed by atoms with Gasteiger partial charge in [-0.05, 0) is 58.1 Å². The number of methoxy groups -OCH3 is 1. The lowest BCUT2D eigenvalue weighted by Crippen LogP contribution is -2.38. The quantitative estimate of drug-likeness (QED) is 0.292. The van der Waals surface area contributed by atoms with Crippen molar-refractivity contribution >= 4 is 0 Å². The first-order valence-electron chi connectivity index (χ1n) is 8.33. The number of ether oxygens (including phenoxy) is 2. The molecule has 0 amide bonds. The molecule has 0 rings (SSSR count). The van der Waals surface area contributed by atoms with Gasteiger partial charge in [0.25, 0.3) is 0 Å². The number of hydrogen-bond donors (Lipinski definition) is 2. The lowest BCUT2D eigenvalue weighted by molar-refractivity contribution is 0.0308. The zero-order valence-corrected chi connectivity index (χ0v) is 15.2. The third-order valence-electron chi connectivity index (χ3n) is 3.28. The minimum absolute atomic E-state index is 0.535. The smallest absolute Gasteiger partial charge is 0.154 e. The molecule has 1 unspecified atom stereocenters. The van der Waals surface area contributed by atoms with Crippen LogP contribution in [0.5, 0.6) is 0 Å². The zero-order valence-electron chi connectivity index (χ0n) is 15.2. The van der Waals surface area contributed by atoms with Crippen LogP contribution in [0.2, 0.25) is 0 Å². The van der Waals surface area contributed by atoms with Crippen molar-refractivity contribution in [2.45, 2.75) is 39.3 Å². The Morgan fingerprint density at radius 1 is 1.30 bits per heavy atom. The number of rotatable bonds is 14. The maximum absolute atomic E-state index is 5.59. The highest BCUT2D eigenvalue weighted by molar-refractivity contribution is 5.17. The molecule has 2 N–H and O–H groups in total. The van der Waals surface area contributed by atoms with E-state index in [-0.39, 0.29) is 0 Å². The van der Waals surface area contributed by atoms with E-state index in [0.29, 0.717) is 6.61 Å². The van der Waals surface area contributed by atoms with Crippen molar-refractivity contribution < 1.29 is 9.47 Å². The Kier molecular flexibility index (Phi) is 13.4. The standard InChI is InChI=1S/C19H34N2O2/c1-6-8-12-19(4,22-5)21-15-10-18(3)11-17-23-16-9-14-20-13-7-2/h6,8,10-12,15,20-21H,1,7,9,13-14,16-17H2,2-5H3/b12-8+,15-10-,18-11+. The van der Waals surface area contributed by atoms with Crippen LogP contribution in [0.1, 0.15) is 33.6 Å². The molecule has 0 aliphatic heterocycles. The van der Waals surface area contributed by atoms with Crippen LogP contribution >= 0.6 is 0 Å². The Balaban J connectivity index is 3.95. The molecule has 0 saturated heterocycles. The molecule has 0 aliphatic rings. The highest BCUT2D eigenvalue weighted by Gasteiger charge is 2.15. The number of hydrogen-bond acceptors (Lipinski definition) is 4. The SMILES string of the molecule is C=C/C=C/C(C)(N/C=C\C(C)=C\COCCCNCCC)OC. The van der Waals surface area contributed by atoms with Crippen molar-refractivity contribution in [1.82, 2.24) is 10.6 Å². The Bertz CT molecular complexity index is 389. The van der Waals surface area contributed by atoms with E-state index in [1.807, 2.05) is 38.3 Å². The van der Waals surface area contributed by atoms with Crippen LogP contribution in [-0.2, 0) is 9.47 Å². The Hall–Kier alpha value is -1.36. The lowest BCUT2D eigenvalue weighted by atomic mass is 10.2. The largest absolute Gasteiger partial charge is 0.377 e. The lowest BCUT2D eigenvalue weighted by Gasteiger charge is -2.24. The average molecular weight is 322 g/mol. The van der Waals surface area contributed by atoms with Crippen LogP contribution < -0.4 is 10.6 Å². The van der Waals surface area contributed by atoms with E-state index in [4.69, 9.17) is 9.47 Å². The van der Waals surface area contributed by atoms with E-state index < -0.39 is 5.72 Å². The van der Waals surface area contributed by atoms with Gasteiger partial charge in [0.05, 0.1) is 6.61 Å². The Morgan fingerprint density at radius 2 is 2.09 bits per heavy atom. The summed E-state index contributed by atoms with van der Waals surface area (Å²) in [6.45, 7) is 13.4. The van der Waals surface area contributed by atoms with Crippen LogP contribution in [-0.4, -0.2) is 39.1 Å². The maximum atomic E-state index is 5.59. The summed E-state index contributed by atoms with van der Waals surface area (Å²) in [5, 5.41) is 6.57. The van der Waals surface area contributed by atoms with E-state index in [1.165, 1.54) is 6.42 Å². The molecule has 0 aliphatic carbocycles. The second-order valence-corrected chi connectivity index (χ2v) is 5.51. The molecule has 23 heavy (non-hydrogen) atoms. The van der Waals surface area contributed by atoms with Crippen molar-refractivity contribution in [3.05, 3.63) is 48.7 Å². The highest BCUT2D eigenvalue weighted by atomic mass is 16.5. The molecule has 0 fully saturated rings. The fourth-order valence-corrected chi connectivity index (χ4v) is 1.71. The van der Waals surface area contributed by atoms with Crippen LogP contribution in [0.3, 0.4) is 0 Å². The first-order chi connectivity index (χ1) is 11.1. The summed E-state index contributed by atoms with van der Waals surface area (Å²) in [5.74, 6) is 0. The summed E-state index contributed by atoms with van der Waals surface area (Å²) in [7, 11) is 1.67. The van der Waals surface area contributed by atoms with Crippen molar-refractivity contribution in [3.63, 3.8) is 0 Å². The predicted octanol–water partition coefficient (Wildman–Crippen LogP) is 3.55. The Labute approximate surface area is 142 Å². The molecule has 4 nitrogen and oxygen atoms in total. The molecular weight excluding hydrogens is 288 g/mol. The second kappa shape index (κ2) is 14.2. The molecule has 1 atom stereocenters. The van der Waals surface area contributed by atoms with E-state index >= 15 is 0 Å². The van der Waals surface area contributed by atoms with Gasteiger partial charge in [-0.1, -0.05) is 37.3 Å². The molecule has 0 spiro atoms. The van der Waals surface area contributed by atoms with Gasteiger partial charge >= 0.3 is 0 Å². The van der Waals surface area contributed by atoms with E-state index in [0.717, 1.165) is 31.7 Å². The average Bonchev–Trinajstić information content (AvgIpc) is 2.55. The van der Waals surface area contributed by atoms with Gasteiger partial charge in [0.2, 0.25) is 0 Å². The van der Waals surface area contributed by atoms with Gasteiger partial charge in [-0.2, -0.15) is 0 Å². The predicted molar refractivity (Wildman–Crippen MR) is 99.4 cm³/mol. The molecule has 0 aromatic rings. The summed E-state index contributed by atoms with van der Waals surface area (Å²) < 4.78 is 11.0. The zero-order chi connectivity index (χ0) is 17.4. The minimum Gasteiger partial charge on any atom is -0.377 e. The van der Waals surface area contributed by atoms with Gasteiger partial charge in [-0.15, -0.1) is 0 Å². The topological polar surface area (TPSA) is 42.5 Å². The minimum atomic E-state index is -0.535. The maximum Gasteiger partial charge on any atom is 0.154 e. The van der Waals surface area contributed by atoms with Crippen LogP contribution in [0.25, 0.3) is 0 Å². The molecular formula is C19H34N2O2. The molecule has 0 heterocycles. The molecule has 4 heteroatoms. The first-order valence-corrected chi connectivity index (χ1v) is 8.33. The number of nitrogens with one attached hydrogen (secondary N) is 2. The van der Waals surface area contributed by atoms with Gasteiger partial charge in [0, 0.05) is 13.7 Å². The monoisotopic (exact) mass is 322 g/mol. The van der Waals surface area contributed by atoms with Crippen molar-refractivity contribution in [2.75, 3.05) is 33.4 Å². The van der Waals surface area contributed by atoms with Gasteiger partial charge in [-0.3, -0.25) is 0 Å². The number of allylic oxidation sites excluding steroid dienone is 4. The molecule has 132 valence electrons. The van der Waals surface area contributed by atoms with E-state index in [2.05, 4.69) is 30.2 Å².